The highest BCUT2D eigenvalue weighted by Gasteiger charge is 1.97. The fraction of sp³-hybridized carbons (Fsp3) is 0.0769. The van der Waals surface area contributed by atoms with Crippen molar-refractivity contribution in [1.82, 2.24) is 4.98 Å². The fourth-order valence-corrected chi connectivity index (χ4v) is 1.44. The zero-order chi connectivity index (χ0) is 11.4. The summed E-state index contributed by atoms with van der Waals surface area (Å²) in [4.78, 5) is 4.14. The first-order valence-corrected chi connectivity index (χ1v) is 4.99. The van der Waals surface area contributed by atoms with Gasteiger partial charge >= 0.3 is 0 Å². The molecule has 0 atom stereocenters. The molecule has 0 aliphatic carbocycles. The second-order valence-electron chi connectivity index (χ2n) is 3.51. The van der Waals surface area contributed by atoms with Crippen LogP contribution < -0.4 is 5.32 Å². The van der Waals surface area contributed by atoms with Crippen molar-refractivity contribution >= 4 is 11.5 Å². The van der Waals surface area contributed by atoms with Crippen LogP contribution in [0.25, 0.3) is 0 Å². The van der Waals surface area contributed by atoms with E-state index in [9.17, 15) is 0 Å². The number of hydrogen-bond donors (Lipinski definition) is 1. The number of aromatic nitrogens is 1. The Morgan fingerprint density at radius 1 is 1.19 bits per heavy atom. The number of aryl methyl sites for hydroxylation is 1. The van der Waals surface area contributed by atoms with Gasteiger partial charge in [-0.2, -0.15) is 5.26 Å². The number of nitrogens with one attached hydrogen (secondary N) is 1. The molecule has 0 saturated carbocycles. The normalized spacial score (nSPS) is 9.50. The van der Waals surface area contributed by atoms with Gasteiger partial charge in [-0.15, -0.1) is 0 Å². The number of nitriles is 1. The van der Waals surface area contributed by atoms with E-state index in [0.29, 0.717) is 11.5 Å². The molecule has 1 heterocycles. The molecule has 2 aromatic rings. The summed E-state index contributed by atoms with van der Waals surface area (Å²) < 4.78 is 0. The monoisotopic (exact) mass is 209 g/mol. The van der Waals surface area contributed by atoms with Gasteiger partial charge in [0, 0.05) is 5.69 Å². The van der Waals surface area contributed by atoms with Gasteiger partial charge < -0.3 is 5.32 Å². The number of rotatable bonds is 2. The molecular formula is C13H11N3. The van der Waals surface area contributed by atoms with E-state index >= 15 is 0 Å². The summed E-state index contributed by atoms with van der Waals surface area (Å²) in [6, 6.07) is 15.3. The zero-order valence-electron chi connectivity index (χ0n) is 8.94. The second-order valence-corrected chi connectivity index (χ2v) is 3.51. The molecule has 16 heavy (non-hydrogen) atoms. The molecule has 0 amide bonds. The third kappa shape index (κ3) is 2.37. The van der Waals surface area contributed by atoms with Crippen LogP contribution in [0.4, 0.5) is 11.5 Å². The Morgan fingerprint density at radius 2 is 2.00 bits per heavy atom. The number of anilines is 2. The number of benzene rings is 1. The van der Waals surface area contributed by atoms with E-state index < -0.39 is 0 Å². The Bertz CT molecular complexity index is 541. The first-order valence-electron chi connectivity index (χ1n) is 4.99. The molecule has 78 valence electrons. The van der Waals surface area contributed by atoms with Gasteiger partial charge in [0.1, 0.15) is 17.6 Å². The lowest BCUT2D eigenvalue weighted by atomic mass is 10.2. The van der Waals surface area contributed by atoms with Crippen molar-refractivity contribution in [2.45, 2.75) is 6.92 Å². The lowest BCUT2D eigenvalue weighted by molar-refractivity contribution is 1.25. The summed E-state index contributed by atoms with van der Waals surface area (Å²) in [6.45, 7) is 2.03. The van der Waals surface area contributed by atoms with Crippen LogP contribution in [0.15, 0.2) is 42.5 Å². The molecule has 0 aliphatic heterocycles. The maximum atomic E-state index is 8.73. The van der Waals surface area contributed by atoms with E-state index in [-0.39, 0.29) is 0 Å². The predicted octanol–water partition coefficient (Wildman–Crippen LogP) is 3.01. The molecule has 2 rings (SSSR count). The number of nitrogens with zero attached hydrogens (tertiary/aromatic N) is 2. The minimum Gasteiger partial charge on any atom is -0.340 e. The quantitative estimate of drug-likeness (QED) is 0.827. The van der Waals surface area contributed by atoms with Gasteiger partial charge in [-0.05, 0) is 36.8 Å². The van der Waals surface area contributed by atoms with Crippen LogP contribution in [-0.4, -0.2) is 4.98 Å². The number of pyridine rings is 1. The van der Waals surface area contributed by atoms with Crippen molar-refractivity contribution < 1.29 is 0 Å². The third-order valence-corrected chi connectivity index (χ3v) is 2.15. The standard InChI is InChI=1S/C13H11N3/c1-10-4-2-5-11(8-10)15-13-7-3-6-12(9-14)16-13/h2-8H,1H3,(H,15,16). The van der Waals surface area contributed by atoms with Crippen LogP contribution in [-0.2, 0) is 0 Å². The van der Waals surface area contributed by atoms with E-state index in [4.69, 9.17) is 5.26 Å². The van der Waals surface area contributed by atoms with E-state index in [1.807, 2.05) is 49.4 Å². The smallest absolute Gasteiger partial charge is 0.142 e. The maximum absolute atomic E-state index is 8.73. The van der Waals surface area contributed by atoms with Crippen LogP contribution in [0.1, 0.15) is 11.3 Å². The van der Waals surface area contributed by atoms with Crippen LogP contribution in [0.3, 0.4) is 0 Å². The first kappa shape index (κ1) is 10.2. The van der Waals surface area contributed by atoms with Crippen LogP contribution in [0.2, 0.25) is 0 Å². The van der Waals surface area contributed by atoms with Crippen molar-refractivity contribution in [2.24, 2.45) is 0 Å². The molecule has 3 nitrogen and oxygen atoms in total. The minimum atomic E-state index is 0.414. The Labute approximate surface area is 94.4 Å². The summed E-state index contributed by atoms with van der Waals surface area (Å²) in [6.07, 6.45) is 0. The highest BCUT2D eigenvalue weighted by Crippen LogP contribution is 2.15. The lowest BCUT2D eigenvalue weighted by Gasteiger charge is -2.05. The largest absolute Gasteiger partial charge is 0.340 e. The molecule has 1 aromatic heterocycles. The van der Waals surface area contributed by atoms with Crippen LogP contribution in [0, 0.1) is 18.3 Å². The van der Waals surface area contributed by atoms with Crippen molar-refractivity contribution in [3.05, 3.63) is 53.7 Å². The molecule has 0 aliphatic rings. The molecule has 3 heteroatoms. The average molecular weight is 209 g/mol. The minimum absolute atomic E-state index is 0.414. The van der Waals surface area contributed by atoms with E-state index in [0.717, 1.165) is 5.69 Å². The molecule has 0 saturated heterocycles. The topological polar surface area (TPSA) is 48.7 Å². The van der Waals surface area contributed by atoms with Crippen molar-refractivity contribution in [2.75, 3.05) is 5.32 Å². The highest BCUT2D eigenvalue weighted by atomic mass is 15.0. The number of hydrogen-bond acceptors (Lipinski definition) is 3. The SMILES string of the molecule is Cc1cccc(Nc2cccc(C#N)n2)c1. The Kier molecular flexibility index (Phi) is 2.84. The van der Waals surface area contributed by atoms with Crippen LogP contribution in [0.5, 0.6) is 0 Å². The van der Waals surface area contributed by atoms with E-state index in [1.54, 1.807) is 6.07 Å². The molecule has 0 radical (unpaired) electrons. The van der Waals surface area contributed by atoms with Crippen molar-refractivity contribution in [3.63, 3.8) is 0 Å². The molecule has 1 N–H and O–H groups in total. The van der Waals surface area contributed by atoms with Gasteiger partial charge in [0.15, 0.2) is 0 Å². The van der Waals surface area contributed by atoms with E-state index in [1.165, 1.54) is 5.56 Å². The summed E-state index contributed by atoms with van der Waals surface area (Å²) in [7, 11) is 0. The summed E-state index contributed by atoms with van der Waals surface area (Å²) in [5.41, 5.74) is 2.57. The molecule has 0 unspecified atom stereocenters. The van der Waals surface area contributed by atoms with Crippen molar-refractivity contribution in [1.29, 1.82) is 5.26 Å². The molecule has 0 bridgehead atoms. The van der Waals surface area contributed by atoms with Crippen LogP contribution >= 0.6 is 0 Å². The van der Waals surface area contributed by atoms with E-state index in [2.05, 4.69) is 10.3 Å². The molecular weight excluding hydrogens is 198 g/mol. The summed E-state index contributed by atoms with van der Waals surface area (Å²) in [5, 5.41) is 11.9. The predicted molar refractivity (Wildman–Crippen MR) is 63.4 cm³/mol. The fourth-order valence-electron chi connectivity index (χ4n) is 1.44. The van der Waals surface area contributed by atoms with Gasteiger partial charge in [0.05, 0.1) is 0 Å². The summed E-state index contributed by atoms with van der Waals surface area (Å²) in [5.74, 6) is 0.685. The average Bonchev–Trinajstić information content (AvgIpc) is 2.29. The molecule has 0 spiro atoms. The zero-order valence-corrected chi connectivity index (χ0v) is 8.94. The molecule has 1 aromatic carbocycles. The maximum Gasteiger partial charge on any atom is 0.142 e. The summed E-state index contributed by atoms with van der Waals surface area (Å²) >= 11 is 0. The Balaban J connectivity index is 2.24. The van der Waals surface area contributed by atoms with Crippen molar-refractivity contribution in [3.8, 4) is 6.07 Å². The van der Waals surface area contributed by atoms with Gasteiger partial charge in [0.25, 0.3) is 0 Å². The van der Waals surface area contributed by atoms with Gasteiger partial charge in [0.2, 0.25) is 0 Å². The van der Waals surface area contributed by atoms with Gasteiger partial charge in [-0.3, -0.25) is 0 Å². The lowest BCUT2D eigenvalue weighted by Crippen LogP contribution is -1.94. The first-order chi connectivity index (χ1) is 7.78. The van der Waals surface area contributed by atoms with Gasteiger partial charge in [-0.1, -0.05) is 18.2 Å². The second kappa shape index (κ2) is 4.45. The molecule has 0 fully saturated rings. The Morgan fingerprint density at radius 3 is 2.75 bits per heavy atom. The Hall–Kier alpha value is -2.34. The van der Waals surface area contributed by atoms with Gasteiger partial charge in [-0.25, -0.2) is 4.98 Å². The highest BCUT2D eigenvalue weighted by molar-refractivity contribution is 5.57. The third-order valence-electron chi connectivity index (χ3n) is 2.15.